The first kappa shape index (κ1) is 28.1. The molecule has 3 heterocycles. The van der Waals surface area contributed by atoms with Crippen LogP contribution in [0.5, 0.6) is 11.5 Å². The molecule has 0 spiro atoms. The van der Waals surface area contributed by atoms with Gasteiger partial charge < -0.3 is 19.7 Å². The number of carbonyl (C=O) groups excluding carboxylic acids is 1. The quantitative estimate of drug-likeness (QED) is 0.296. The number of aryl methyl sites for hydroxylation is 1. The predicted molar refractivity (Wildman–Crippen MR) is 159 cm³/mol. The molecule has 1 saturated heterocycles. The van der Waals surface area contributed by atoms with Crippen molar-refractivity contribution in [2.24, 2.45) is 5.92 Å². The Hall–Kier alpha value is -3.45. The van der Waals surface area contributed by atoms with E-state index in [9.17, 15) is 4.79 Å². The van der Waals surface area contributed by atoms with Crippen LogP contribution in [0.15, 0.2) is 42.6 Å². The van der Waals surface area contributed by atoms with Crippen molar-refractivity contribution in [1.29, 1.82) is 0 Å². The van der Waals surface area contributed by atoms with Gasteiger partial charge in [0, 0.05) is 29.1 Å². The van der Waals surface area contributed by atoms with Gasteiger partial charge in [-0.25, -0.2) is 9.97 Å². The number of hydrogen-bond donors (Lipinski definition) is 1. The van der Waals surface area contributed by atoms with Gasteiger partial charge in [0.25, 0.3) is 5.91 Å². The Kier molecular flexibility index (Phi) is 9.00. The lowest BCUT2D eigenvalue weighted by atomic mass is 9.89. The number of anilines is 1. The van der Waals surface area contributed by atoms with E-state index in [2.05, 4.69) is 44.3 Å². The van der Waals surface area contributed by atoms with Crippen molar-refractivity contribution in [3.8, 4) is 22.9 Å². The molecule has 40 heavy (non-hydrogen) atoms. The van der Waals surface area contributed by atoms with E-state index < -0.39 is 0 Å². The molecule has 7 heteroatoms. The van der Waals surface area contributed by atoms with Crippen molar-refractivity contribution in [3.63, 3.8) is 0 Å². The fourth-order valence-corrected chi connectivity index (χ4v) is 5.86. The summed E-state index contributed by atoms with van der Waals surface area (Å²) in [6.45, 7) is 9.87. The molecule has 0 radical (unpaired) electrons. The molecule has 1 fully saturated rings. The summed E-state index contributed by atoms with van der Waals surface area (Å²) < 4.78 is 11.8. The number of piperidine rings is 1. The summed E-state index contributed by atoms with van der Waals surface area (Å²) in [4.78, 5) is 25.1. The maximum Gasteiger partial charge on any atom is 0.277 e. The van der Waals surface area contributed by atoms with E-state index in [1.54, 1.807) is 12.0 Å². The average Bonchev–Trinajstić information content (AvgIpc) is 3.33. The van der Waals surface area contributed by atoms with Gasteiger partial charge in [-0.15, -0.1) is 0 Å². The second-order valence-corrected chi connectivity index (χ2v) is 11.1. The standard InChI is InChI=1S/C33H42N4O3/c1-5-9-24-11-7-12-27(22(3)6-2)30(24)32-35-20-25-21-37(33(38)31(25)36-32)26-13-14-28(29(18-26)39-4)40-17-15-23-10-8-16-34-19-23/h7,11-14,18,20,22-23,34H,5-6,8-10,15-17,19,21H2,1-4H3. The molecule has 3 aromatic rings. The number of rotatable bonds is 11. The summed E-state index contributed by atoms with van der Waals surface area (Å²) in [6, 6.07) is 12.2. The Morgan fingerprint density at radius 2 is 2.05 bits per heavy atom. The first-order valence-corrected chi connectivity index (χ1v) is 14.8. The molecule has 0 aliphatic carbocycles. The van der Waals surface area contributed by atoms with Gasteiger partial charge in [-0.3, -0.25) is 4.79 Å². The van der Waals surface area contributed by atoms with Crippen LogP contribution in [0, 0.1) is 5.92 Å². The zero-order chi connectivity index (χ0) is 28.1. The number of fused-ring (bicyclic) bond motifs is 1. The van der Waals surface area contributed by atoms with Crippen molar-refractivity contribution in [3.05, 3.63) is 65.0 Å². The minimum atomic E-state index is -0.114. The monoisotopic (exact) mass is 542 g/mol. The Labute approximate surface area is 238 Å². The normalized spacial score (nSPS) is 17.6. The van der Waals surface area contributed by atoms with Crippen molar-refractivity contribution < 1.29 is 14.3 Å². The van der Waals surface area contributed by atoms with Crippen molar-refractivity contribution >= 4 is 11.6 Å². The van der Waals surface area contributed by atoms with Gasteiger partial charge in [0.2, 0.25) is 0 Å². The minimum absolute atomic E-state index is 0.114. The molecule has 2 aromatic carbocycles. The molecule has 2 aliphatic heterocycles. The van der Waals surface area contributed by atoms with E-state index >= 15 is 0 Å². The highest BCUT2D eigenvalue weighted by Gasteiger charge is 2.32. The number of hydrogen-bond acceptors (Lipinski definition) is 6. The summed E-state index contributed by atoms with van der Waals surface area (Å²) in [5, 5.41) is 3.46. The SMILES string of the molecule is CCCc1cccc(C(C)CC)c1-c1ncc2c(n1)C(=O)N(c1ccc(OCCC3CCCNC3)c(OC)c1)C2. The van der Waals surface area contributed by atoms with E-state index in [0.717, 1.165) is 55.6 Å². The first-order valence-electron chi connectivity index (χ1n) is 14.8. The van der Waals surface area contributed by atoms with Crippen LogP contribution in [0.4, 0.5) is 5.69 Å². The van der Waals surface area contributed by atoms with E-state index in [1.165, 1.54) is 24.0 Å². The Bertz CT molecular complexity index is 1340. The lowest BCUT2D eigenvalue weighted by Gasteiger charge is -2.23. The van der Waals surface area contributed by atoms with Gasteiger partial charge in [-0.1, -0.05) is 45.4 Å². The van der Waals surface area contributed by atoms with Crippen LogP contribution < -0.4 is 19.7 Å². The van der Waals surface area contributed by atoms with Crippen LogP contribution in [0.3, 0.4) is 0 Å². The van der Waals surface area contributed by atoms with Crippen LogP contribution in [0.1, 0.15) is 86.0 Å². The second-order valence-electron chi connectivity index (χ2n) is 11.1. The summed E-state index contributed by atoms with van der Waals surface area (Å²) in [5.74, 6) is 2.89. The van der Waals surface area contributed by atoms with Crippen LogP contribution in [0.2, 0.25) is 0 Å². The number of benzene rings is 2. The molecule has 2 unspecified atom stereocenters. The molecule has 2 aliphatic rings. The van der Waals surface area contributed by atoms with Gasteiger partial charge in [0.05, 0.1) is 20.3 Å². The Morgan fingerprint density at radius 1 is 1.18 bits per heavy atom. The number of ether oxygens (including phenoxy) is 2. The van der Waals surface area contributed by atoms with Gasteiger partial charge in [0.1, 0.15) is 5.69 Å². The first-order chi connectivity index (χ1) is 19.5. The summed E-state index contributed by atoms with van der Waals surface area (Å²) in [5.41, 5.74) is 5.65. The zero-order valence-corrected chi connectivity index (χ0v) is 24.3. The molecular formula is C33H42N4O3. The fraction of sp³-hybridized carbons (Fsp3) is 0.485. The molecule has 1 amide bonds. The largest absolute Gasteiger partial charge is 0.493 e. The van der Waals surface area contributed by atoms with E-state index in [-0.39, 0.29) is 5.91 Å². The van der Waals surface area contributed by atoms with Crippen LogP contribution in [-0.4, -0.2) is 42.7 Å². The minimum Gasteiger partial charge on any atom is -0.493 e. The molecule has 0 bridgehead atoms. The number of nitrogens with one attached hydrogen (secondary N) is 1. The maximum absolute atomic E-state index is 13.7. The van der Waals surface area contributed by atoms with Gasteiger partial charge in [0.15, 0.2) is 17.3 Å². The molecular weight excluding hydrogens is 500 g/mol. The summed E-state index contributed by atoms with van der Waals surface area (Å²) in [7, 11) is 1.64. The maximum atomic E-state index is 13.7. The van der Waals surface area contributed by atoms with E-state index in [4.69, 9.17) is 19.4 Å². The molecule has 212 valence electrons. The topological polar surface area (TPSA) is 76.6 Å². The molecule has 1 aromatic heterocycles. The highest BCUT2D eigenvalue weighted by atomic mass is 16.5. The second kappa shape index (κ2) is 12.8. The number of carbonyl (C=O) groups is 1. The van der Waals surface area contributed by atoms with Crippen molar-refractivity contribution in [2.45, 2.75) is 71.8 Å². The Balaban J connectivity index is 1.36. The van der Waals surface area contributed by atoms with Gasteiger partial charge in [-0.2, -0.15) is 0 Å². The number of nitrogens with zero attached hydrogens (tertiary/aromatic N) is 3. The smallest absolute Gasteiger partial charge is 0.277 e. The van der Waals surface area contributed by atoms with Crippen molar-refractivity contribution in [1.82, 2.24) is 15.3 Å². The van der Waals surface area contributed by atoms with Gasteiger partial charge >= 0.3 is 0 Å². The van der Waals surface area contributed by atoms with E-state index in [1.807, 2.05) is 24.4 Å². The van der Waals surface area contributed by atoms with Gasteiger partial charge in [-0.05, 0) is 80.3 Å². The summed E-state index contributed by atoms with van der Waals surface area (Å²) in [6.07, 6.45) is 8.33. The third-order valence-electron chi connectivity index (χ3n) is 8.35. The van der Waals surface area contributed by atoms with Crippen LogP contribution >= 0.6 is 0 Å². The molecule has 0 saturated carbocycles. The number of methoxy groups -OCH3 is 1. The van der Waals surface area contributed by atoms with Crippen LogP contribution in [-0.2, 0) is 13.0 Å². The molecule has 7 nitrogen and oxygen atoms in total. The molecule has 2 atom stereocenters. The van der Waals surface area contributed by atoms with E-state index in [0.29, 0.717) is 48.0 Å². The number of amides is 1. The zero-order valence-electron chi connectivity index (χ0n) is 24.3. The molecule has 5 rings (SSSR count). The lowest BCUT2D eigenvalue weighted by molar-refractivity contribution is 0.0992. The number of aromatic nitrogens is 2. The third-order valence-corrected chi connectivity index (χ3v) is 8.35. The third kappa shape index (κ3) is 5.85. The Morgan fingerprint density at radius 3 is 2.80 bits per heavy atom. The summed E-state index contributed by atoms with van der Waals surface area (Å²) >= 11 is 0. The highest BCUT2D eigenvalue weighted by Crippen LogP contribution is 2.37. The van der Waals surface area contributed by atoms with Crippen molar-refractivity contribution in [2.75, 3.05) is 31.7 Å². The highest BCUT2D eigenvalue weighted by molar-refractivity contribution is 6.09. The lowest BCUT2D eigenvalue weighted by Crippen LogP contribution is -2.30. The molecule has 1 N–H and O–H groups in total. The predicted octanol–water partition coefficient (Wildman–Crippen LogP) is 6.55. The average molecular weight is 543 g/mol. The van der Waals surface area contributed by atoms with Crippen LogP contribution in [0.25, 0.3) is 11.4 Å². The fourth-order valence-electron chi connectivity index (χ4n) is 5.86.